The lowest BCUT2D eigenvalue weighted by atomic mass is 9.72. The van der Waals surface area contributed by atoms with Crippen LogP contribution in [0.25, 0.3) is 0 Å². The van der Waals surface area contributed by atoms with Crippen molar-refractivity contribution in [2.24, 2.45) is 0 Å². The van der Waals surface area contributed by atoms with E-state index in [1.807, 2.05) is 0 Å². The van der Waals surface area contributed by atoms with Gasteiger partial charge in [-0.3, -0.25) is 0 Å². The molecule has 0 saturated carbocycles. The molecule has 2 nitrogen and oxygen atoms in total. The fourth-order valence-corrected chi connectivity index (χ4v) is 3.28. The summed E-state index contributed by atoms with van der Waals surface area (Å²) in [5.74, 6) is 1.81. The smallest absolute Gasteiger partial charge is 0.118 e. The summed E-state index contributed by atoms with van der Waals surface area (Å²) in [5, 5.41) is 0. The van der Waals surface area contributed by atoms with Gasteiger partial charge in [0.1, 0.15) is 11.5 Å². The van der Waals surface area contributed by atoms with E-state index >= 15 is 0 Å². The second kappa shape index (κ2) is 8.77. The molecule has 0 fully saturated rings. The van der Waals surface area contributed by atoms with Gasteiger partial charge in [0, 0.05) is 5.41 Å². The highest BCUT2D eigenvalue weighted by Gasteiger charge is 2.28. The van der Waals surface area contributed by atoms with Gasteiger partial charge in [-0.15, -0.1) is 0 Å². The Morgan fingerprint density at radius 3 is 1.54 bits per heavy atom. The van der Waals surface area contributed by atoms with Crippen LogP contribution < -0.4 is 9.47 Å². The highest BCUT2D eigenvalue weighted by atomic mass is 16.5. The maximum Gasteiger partial charge on any atom is 0.118 e. The first-order valence-electron chi connectivity index (χ1n) is 8.93. The Morgan fingerprint density at radius 2 is 1.17 bits per heavy atom. The van der Waals surface area contributed by atoms with Crippen molar-refractivity contribution in [2.45, 2.75) is 51.4 Å². The van der Waals surface area contributed by atoms with Crippen molar-refractivity contribution in [2.75, 3.05) is 14.2 Å². The summed E-state index contributed by atoms with van der Waals surface area (Å²) in [6, 6.07) is 17.0. The third-order valence-corrected chi connectivity index (χ3v) is 4.98. The van der Waals surface area contributed by atoms with Gasteiger partial charge in [-0.2, -0.15) is 0 Å². The van der Waals surface area contributed by atoms with E-state index in [0.29, 0.717) is 0 Å². The topological polar surface area (TPSA) is 18.5 Å². The Morgan fingerprint density at radius 1 is 0.708 bits per heavy atom. The highest BCUT2D eigenvalue weighted by molar-refractivity contribution is 5.42. The van der Waals surface area contributed by atoms with Crippen LogP contribution in [0.15, 0.2) is 48.5 Å². The number of ether oxygens (including phenoxy) is 2. The predicted molar refractivity (Wildman–Crippen MR) is 101 cm³/mol. The van der Waals surface area contributed by atoms with Crippen molar-refractivity contribution in [3.05, 3.63) is 59.7 Å². The molecule has 2 aromatic carbocycles. The molecule has 130 valence electrons. The van der Waals surface area contributed by atoms with Crippen LogP contribution in [0.4, 0.5) is 0 Å². The van der Waals surface area contributed by atoms with Crippen LogP contribution in [-0.4, -0.2) is 14.2 Å². The van der Waals surface area contributed by atoms with Crippen molar-refractivity contribution in [1.29, 1.82) is 0 Å². The van der Waals surface area contributed by atoms with Gasteiger partial charge in [-0.05, 0) is 41.8 Å². The van der Waals surface area contributed by atoms with Gasteiger partial charge in [0.15, 0.2) is 0 Å². The summed E-state index contributed by atoms with van der Waals surface area (Å²) in [6.07, 6.45) is 6.25. The average Bonchev–Trinajstić information content (AvgIpc) is 2.65. The van der Waals surface area contributed by atoms with Gasteiger partial charge in [-0.1, -0.05) is 63.8 Å². The molecule has 2 heteroatoms. The third-order valence-electron chi connectivity index (χ3n) is 4.98. The fraction of sp³-hybridized carbons (Fsp3) is 0.455. The van der Waals surface area contributed by atoms with Crippen LogP contribution in [0.2, 0.25) is 0 Å². The van der Waals surface area contributed by atoms with Crippen LogP contribution in [0.3, 0.4) is 0 Å². The Kier molecular flexibility index (Phi) is 6.72. The van der Waals surface area contributed by atoms with Crippen LogP contribution in [-0.2, 0) is 5.41 Å². The molecule has 0 aliphatic rings. The molecule has 0 unspecified atom stereocenters. The van der Waals surface area contributed by atoms with Gasteiger partial charge in [-0.25, -0.2) is 0 Å². The second-order valence-corrected chi connectivity index (χ2v) is 6.60. The molecule has 0 saturated heterocycles. The van der Waals surface area contributed by atoms with Crippen LogP contribution in [0, 0.1) is 0 Å². The van der Waals surface area contributed by atoms with E-state index < -0.39 is 0 Å². The van der Waals surface area contributed by atoms with Crippen molar-refractivity contribution in [1.82, 2.24) is 0 Å². The molecule has 0 atom stereocenters. The van der Waals surface area contributed by atoms with Crippen LogP contribution in [0.1, 0.15) is 57.1 Å². The number of benzene rings is 2. The monoisotopic (exact) mass is 326 g/mol. The first kappa shape index (κ1) is 18.4. The maximum absolute atomic E-state index is 5.31. The van der Waals surface area contributed by atoms with E-state index in [1.165, 1.54) is 36.8 Å². The molecule has 0 heterocycles. The lowest BCUT2D eigenvalue weighted by molar-refractivity contribution is 0.412. The Balaban J connectivity index is 2.31. The molecule has 24 heavy (non-hydrogen) atoms. The first-order chi connectivity index (χ1) is 11.6. The zero-order valence-electron chi connectivity index (χ0n) is 15.5. The van der Waals surface area contributed by atoms with Crippen LogP contribution in [0.5, 0.6) is 11.5 Å². The molecule has 0 spiro atoms. The minimum Gasteiger partial charge on any atom is -0.497 e. The van der Waals surface area contributed by atoms with E-state index in [1.54, 1.807) is 14.2 Å². The van der Waals surface area contributed by atoms with Gasteiger partial charge >= 0.3 is 0 Å². The summed E-state index contributed by atoms with van der Waals surface area (Å²) in [4.78, 5) is 0. The largest absolute Gasteiger partial charge is 0.497 e. The minimum atomic E-state index is 0.00623. The lowest BCUT2D eigenvalue weighted by Crippen LogP contribution is -2.23. The fourth-order valence-electron chi connectivity index (χ4n) is 3.28. The highest BCUT2D eigenvalue weighted by Crippen LogP contribution is 2.38. The zero-order valence-corrected chi connectivity index (χ0v) is 15.5. The van der Waals surface area contributed by atoms with E-state index in [9.17, 15) is 0 Å². The van der Waals surface area contributed by atoms with E-state index in [0.717, 1.165) is 17.9 Å². The summed E-state index contributed by atoms with van der Waals surface area (Å²) in [7, 11) is 3.42. The lowest BCUT2D eigenvalue weighted by Gasteiger charge is -2.31. The Labute approximate surface area is 146 Å². The molecule has 0 aliphatic carbocycles. The van der Waals surface area contributed by atoms with Crippen molar-refractivity contribution >= 4 is 0 Å². The quantitative estimate of drug-likeness (QED) is 0.528. The Bertz CT molecular complexity index is 551. The summed E-state index contributed by atoms with van der Waals surface area (Å²) in [6.45, 7) is 4.61. The molecular formula is C22H30O2. The van der Waals surface area contributed by atoms with E-state index in [4.69, 9.17) is 9.47 Å². The molecule has 2 aromatic rings. The summed E-state index contributed by atoms with van der Waals surface area (Å²) in [5.41, 5.74) is 2.68. The number of methoxy groups -OCH3 is 2. The second-order valence-electron chi connectivity index (χ2n) is 6.60. The number of rotatable bonds is 9. The normalized spacial score (nSPS) is 11.3. The maximum atomic E-state index is 5.31. The number of hydrogen-bond donors (Lipinski definition) is 0. The van der Waals surface area contributed by atoms with Gasteiger partial charge in [0.05, 0.1) is 14.2 Å². The molecule has 0 bridgehead atoms. The molecular weight excluding hydrogens is 296 g/mol. The minimum absolute atomic E-state index is 0.00623. The molecule has 0 N–H and O–H groups in total. The van der Waals surface area contributed by atoms with Crippen molar-refractivity contribution < 1.29 is 9.47 Å². The average molecular weight is 326 g/mol. The number of hydrogen-bond acceptors (Lipinski definition) is 2. The van der Waals surface area contributed by atoms with E-state index in [2.05, 4.69) is 62.4 Å². The van der Waals surface area contributed by atoms with Gasteiger partial charge in [0.25, 0.3) is 0 Å². The van der Waals surface area contributed by atoms with Crippen LogP contribution >= 0.6 is 0 Å². The summed E-state index contributed by atoms with van der Waals surface area (Å²) < 4.78 is 10.6. The van der Waals surface area contributed by atoms with Crippen molar-refractivity contribution in [3.8, 4) is 11.5 Å². The molecule has 0 radical (unpaired) electrons. The summed E-state index contributed by atoms with van der Waals surface area (Å²) >= 11 is 0. The number of unbranched alkanes of at least 4 members (excludes halogenated alkanes) is 3. The molecule has 0 aromatic heterocycles. The van der Waals surface area contributed by atoms with E-state index in [-0.39, 0.29) is 5.41 Å². The van der Waals surface area contributed by atoms with Crippen molar-refractivity contribution in [3.63, 3.8) is 0 Å². The SMILES string of the molecule is CCCCCCC(C)(c1ccc(OC)cc1)c1ccc(OC)cc1. The predicted octanol–water partition coefficient (Wildman–Crippen LogP) is 5.98. The third kappa shape index (κ3) is 4.31. The Hall–Kier alpha value is -1.96. The molecule has 0 aliphatic heterocycles. The zero-order chi connectivity index (χ0) is 17.4. The molecule has 0 amide bonds. The molecule has 2 rings (SSSR count). The standard InChI is InChI=1S/C22H30O2/c1-5-6-7-8-17-22(2,18-9-13-20(23-3)14-10-18)19-11-15-21(24-4)16-12-19/h9-16H,5-8,17H2,1-4H3. The first-order valence-corrected chi connectivity index (χ1v) is 8.93. The van der Waals surface area contributed by atoms with Gasteiger partial charge < -0.3 is 9.47 Å². The van der Waals surface area contributed by atoms with Gasteiger partial charge in [0.2, 0.25) is 0 Å².